The van der Waals surface area contributed by atoms with E-state index in [2.05, 4.69) is 46.4 Å². The number of anilines is 1. The lowest BCUT2D eigenvalue weighted by atomic mass is 9.92. The van der Waals surface area contributed by atoms with Crippen molar-refractivity contribution in [3.63, 3.8) is 0 Å². The van der Waals surface area contributed by atoms with Gasteiger partial charge in [-0.1, -0.05) is 55.8 Å². The Morgan fingerprint density at radius 1 is 1.25 bits per heavy atom. The molecule has 2 heterocycles. The molecule has 0 radical (unpaired) electrons. The molecule has 0 fully saturated rings. The fourth-order valence-corrected chi connectivity index (χ4v) is 3.21. The Bertz CT molecular complexity index is 831. The van der Waals surface area contributed by atoms with Crippen molar-refractivity contribution in [3.05, 3.63) is 53.2 Å². The van der Waals surface area contributed by atoms with E-state index < -0.39 is 0 Å². The number of thiazole rings is 1. The zero-order valence-electron chi connectivity index (χ0n) is 13.6. The first-order chi connectivity index (χ1) is 11.4. The summed E-state index contributed by atoms with van der Waals surface area (Å²) in [5.74, 6) is 0. The lowest BCUT2D eigenvalue weighted by molar-refractivity contribution is 0.567. The van der Waals surface area contributed by atoms with Crippen LogP contribution in [0.25, 0.3) is 5.00 Å². The molecule has 0 saturated heterocycles. The van der Waals surface area contributed by atoms with Crippen LogP contribution in [0, 0.1) is 0 Å². The second-order valence-electron chi connectivity index (χ2n) is 6.18. The van der Waals surface area contributed by atoms with Crippen molar-refractivity contribution in [3.8, 4) is 5.00 Å². The number of benzene rings is 1. The molecule has 0 atom stereocenters. The van der Waals surface area contributed by atoms with E-state index in [1.807, 2.05) is 24.3 Å². The average Bonchev–Trinajstić information content (AvgIpc) is 3.17. The molecule has 0 aliphatic rings. The van der Waals surface area contributed by atoms with Gasteiger partial charge in [0.1, 0.15) is 17.7 Å². The molecule has 24 heavy (non-hydrogen) atoms. The van der Waals surface area contributed by atoms with Gasteiger partial charge in [0, 0.05) is 10.4 Å². The molecule has 0 spiro atoms. The molecular formula is C16H17ClN6S. The fraction of sp³-hybridized carbons (Fsp3) is 0.250. The monoisotopic (exact) mass is 360 g/mol. The minimum atomic E-state index is -0.113. The van der Waals surface area contributed by atoms with Crippen LogP contribution in [0.5, 0.6) is 0 Å². The van der Waals surface area contributed by atoms with E-state index in [-0.39, 0.29) is 5.41 Å². The molecule has 0 aliphatic carbocycles. The molecule has 124 valence electrons. The van der Waals surface area contributed by atoms with Crippen molar-refractivity contribution in [2.45, 2.75) is 26.2 Å². The number of hydrogen-bond donors (Lipinski definition) is 1. The number of nitrogens with one attached hydrogen (secondary N) is 1. The van der Waals surface area contributed by atoms with Crippen LogP contribution in [-0.4, -0.2) is 26.0 Å². The standard InChI is InChI=1S/C16H17ClN6S/c1-16(2,3)13-14(23-10-18-9-20-23)24-15(21-13)22-19-8-11-4-6-12(17)7-5-11/h4-10H,1-3H3,(H,21,22)/b19-8+. The predicted octanol–water partition coefficient (Wildman–Crippen LogP) is 4.12. The summed E-state index contributed by atoms with van der Waals surface area (Å²) in [6.07, 6.45) is 4.91. The van der Waals surface area contributed by atoms with Gasteiger partial charge in [-0.25, -0.2) is 14.6 Å². The quantitative estimate of drug-likeness (QED) is 0.561. The first kappa shape index (κ1) is 16.6. The van der Waals surface area contributed by atoms with Gasteiger partial charge in [-0.15, -0.1) is 0 Å². The van der Waals surface area contributed by atoms with Crippen LogP contribution in [0.4, 0.5) is 5.13 Å². The number of hydrogen-bond acceptors (Lipinski definition) is 6. The Kier molecular flexibility index (Phi) is 4.64. The first-order valence-corrected chi connectivity index (χ1v) is 8.54. The third-order valence-corrected chi connectivity index (χ3v) is 4.39. The van der Waals surface area contributed by atoms with Gasteiger partial charge >= 0.3 is 0 Å². The van der Waals surface area contributed by atoms with Gasteiger partial charge < -0.3 is 0 Å². The smallest absolute Gasteiger partial charge is 0.205 e. The van der Waals surface area contributed by atoms with E-state index in [1.54, 1.807) is 17.2 Å². The summed E-state index contributed by atoms with van der Waals surface area (Å²) in [6.45, 7) is 6.34. The van der Waals surface area contributed by atoms with Crippen molar-refractivity contribution in [1.29, 1.82) is 0 Å². The van der Waals surface area contributed by atoms with Crippen LogP contribution in [0.15, 0.2) is 42.0 Å². The van der Waals surface area contributed by atoms with E-state index in [0.29, 0.717) is 10.2 Å². The fourth-order valence-electron chi connectivity index (χ4n) is 2.03. The molecule has 3 rings (SSSR count). The zero-order valence-corrected chi connectivity index (χ0v) is 15.1. The minimum absolute atomic E-state index is 0.113. The largest absolute Gasteiger partial charge is 0.253 e. The molecule has 6 nitrogen and oxygen atoms in total. The van der Waals surface area contributed by atoms with Gasteiger partial charge in [-0.2, -0.15) is 10.2 Å². The number of hydrazone groups is 1. The van der Waals surface area contributed by atoms with E-state index in [0.717, 1.165) is 16.3 Å². The maximum atomic E-state index is 5.87. The molecule has 0 aliphatic heterocycles. The number of nitrogens with zero attached hydrogens (tertiary/aromatic N) is 5. The van der Waals surface area contributed by atoms with Crippen LogP contribution in [-0.2, 0) is 5.41 Å². The summed E-state index contributed by atoms with van der Waals surface area (Å²) in [7, 11) is 0. The molecule has 1 N–H and O–H groups in total. The summed E-state index contributed by atoms with van der Waals surface area (Å²) in [5, 5.41) is 10.8. The van der Waals surface area contributed by atoms with Crippen LogP contribution in [0.2, 0.25) is 5.02 Å². The Morgan fingerprint density at radius 3 is 2.62 bits per heavy atom. The third-order valence-electron chi connectivity index (χ3n) is 3.19. The van der Waals surface area contributed by atoms with E-state index in [4.69, 9.17) is 11.6 Å². The highest BCUT2D eigenvalue weighted by Crippen LogP contribution is 2.34. The third kappa shape index (κ3) is 3.80. The molecule has 8 heteroatoms. The molecule has 0 unspecified atom stereocenters. The first-order valence-electron chi connectivity index (χ1n) is 7.34. The summed E-state index contributed by atoms with van der Waals surface area (Å²) < 4.78 is 1.73. The predicted molar refractivity (Wildman–Crippen MR) is 98.4 cm³/mol. The Morgan fingerprint density at radius 2 is 2.00 bits per heavy atom. The highest BCUT2D eigenvalue weighted by Gasteiger charge is 2.24. The van der Waals surface area contributed by atoms with Gasteiger partial charge in [0.2, 0.25) is 5.13 Å². The van der Waals surface area contributed by atoms with Gasteiger partial charge in [0.15, 0.2) is 0 Å². The summed E-state index contributed by atoms with van der Waals surface area (Å²) in [5.41, 5.74) is 4.77. The van der Waals surface area contributed by atoms with E-state index in [1.165, 1.54) is 17.7 Å². The van der Waals surface area contributed by atoms with Crippen LogP contribution in [0.3, 0.4) is 0 Å². The summed E-state index contributed by atoms with van der Waals surface area (Å²) in [4.78, 5) is 8.68. The maximum Gasteiger partial charge on any atom is 0.205 e. The van der Waals surface area contributed by atoms with Crippen molar-refractivity contribution < 1.29 is 0 Å². The Balaban J connectivity index is 1.83. The molecular weight excluding hydrogens is 344 g/mol. The second kappa shape index (κ2) is 6.70. The van der Waals surface area contributed by atoms with Gasteiger partial charge in [-0.3, -0.25) is 5.43 Å². The number of rotatable bonds is 4. The SMILES string of the molecule is CC(C)(C)c1nc(N/N=C/c2ccc(Cl)cc2)sc1-n1cncn1. The Hall–Kier alpha value is -2.25. The van der Waals surface area contributed by atoms with Gasteiger partial charge in [-0.05, 0) is 17.7 Å². The molecule has 0 saturated carbocycles. The van der Waals surface area contributed by atoms with Crippen LogP contribution >= 0.6 is 22.9 Å². The van der Waals surface area contributed by atoms with E-state index in [9.17, 15) is 0 Å². The minimum Gasteiger partial charge on any atom is -0.253 e. The lowest BCUT2D eigenvalue weighted by Gasteiger charge is -2.16. The highest BCUT2D eigenvalue weighted by molar-refractivity contribution is 7.18. The lowest BCUT2D eigenvalue weighted by Crippen LogP contribution is -2.15. The number of halogens is 1. The van der Waals surface area contributed by atoms with Crippen LogP contribution in [0.1, 0.15) is 32.0 Å². The molecule has 3 aromatic rings. The summed E-state index contributed by atoms with van der Waals surface area (Å²) in [6, 6.07) is 7.45. The average molecular weight is 361 g/mol. The van der Waals surface area contributed by atoms with Crippen molar-refractivity contribution in [2.24, 2.45) is 5.10 Å². The molecule has 0 bridgehead atoms. The normalized spacial score (nSPS) is 12.0. The maximum absolute atomic E-state index is 5.87. The van der Waals surface area contributed by atoms with Gasteiger partial charge in [0.05, 0.1) is 11.9 Å². The molecule has 1 aromatic carbocycles. The molecule has 0 amide bonds. The van der Waals surface area contributed by atoms with Crippen molar-refractivity contribution in [1.82, 2.24) is 19.7 Å². The number of aromatic nitrogens is 4. The zero-order chi connectivity index (χ0) is 17.2. The van der Waals surface area contributed by atoms with E-state index >= 15 is 0 Å². The van der Waals surface area contributed by atoms with Crippen molar-refractivity contribution in [2.75, 3.05) is 5.43 Å². The second-order valence-corrected chi connectivity index (χ2v) is 7.60. The highest BCUT2D eigenvalue weighted by atomic mass is 35.5. The Labute approximate surface area is 149 Å². The summed E-state index contributed by atoms with van der Waals surface area (Å²) >= 11 is 7.36. The van der Waals surface area contributed by atoms with Crippen LogP contribution < -0.4 is 5.43 Å². The molecule has 2 aromatic heterocycles. The topological polar surface area (TPSA) is 68.0 Å². The van der Waals surface area contributed by atoms with Crippen molar-refractivity contribution >= 4 is 34.3 Å². The van der Waals surface area contributed by atoms with Gasteiger partial charge in [0.25, 0.3) is 0 Å².